The van der Waals surface area contributed by atoms with E-state index >= 15 is 0 Å². The molecule has 11 heavy (non-hydrogen) atoms. The molecule has 0 radical (unpaired) electrons. The second kappa shape index (κ2) is 2.48. The molecule has 1 aliphatic heterocycles. The van der Waals surface area contributed by atoms with Crippen molar-refractivity contribution in [1.82, 2.24) is 0 Å². The second-order valence-electron chi connectivity index (χ2n) is 1.99. The lowest BCUT2D eigenvalue weighted by atomic mass is 10.1. The molecule has 0 spiro atoms. The predicted octanol–water partition coefficient (Wildman–Crippen LogP) is 1.13. The van der Waals surface area contributed by atoms with E-state index in [1.54, 1.807) is 0 Å². The summed E-state index contributed by atoms with van der Waals surface area (Å²) >= 11 is 0. The fourth-order valence-corrected chi connectivity index (χ4v) is 0.694. The zero-order chi connectivity index (χ0) is 8.48. The van der Waals surface area contributed by atoms with Gasteiger partial charge in [0.1, 0.15) is 12.1 Å². The van der Waals surface area contributed by atoms with Crippen LogP contribution in [0.5, 0.6) is 0 Å². The van der Waals surface area contributed by atoms with E-state index in [1.807, 2.05) is 0 Å². The minimum Gasteiger partial charge on any atom is -0.292 e. The number of carbonyl (C=O) groups excluding carboxylic acids is 1. The van der Waals surface area contributed by atoms with E-state index in [-0.39, 0.29) is 0 Å². The van der Waals surface area contributed by atoms with Crippen molar-refractivity contribution < 1.29 is 18.0 Å². The van der Waals surface area contributed by atoms with Gasteiger partial charge in [-0.1, -0.05) is 0 Å². The summed E-state index contributed by atoms with van der Waals surface area (Å²) in [6.45, 7) is -0.397. The fraction of sp³-hybridized carbons (Fsp3) is 0.333. The average Bonchev–Trinajstić information content (AvgIpc) is 1.86. The lowest BCUT2D eigenvalue weighted by Gasteiger charge is -2.10. The van der Waals surface area contributed by atoms with Crippen molar-refractivity contribution >= 4 is 12.0 Å². The van der Waals surface area contributed by atoms with Crippen molar-refractivity contribution in [3.05, 3.63) is 11.6 Å². The average molecular weight is 163 g/mol. The molecule has 0 unspecified atom stereocenters. The van der Waals surface area contributed by atoms with Crippen molar-refractivity contribution in [2.24, 2.45) is 4.99 Å². The standard InChI is InChI=1S/C6H4F3NO/c7-6(8,9)4-1-2-10-3-5(4)11/h1-2H,3H2. The summed E-state index contributed by atoms with van der Waals surface area (Å²) in [5.41, 5.74) is -1.12. The molecule has 0 aromatic carbocycles. The van der Waals surface area contributed by atoms with Gasteiger partial charge in [-0.2, -0.15) is 13.2 Å². The number of dihydropyridines is 1. The van der Waals surface area contributed by atoms with Crippen LogP contribution in [0.1, 0.15) is 0 Å². The monoisotopic (exact) mass is 163 g/mol. The van der Waals surface area contributed by atoms with Crippen LogP contribution in [-0.4, -0.2) is 24.7 Å². The lowest BCUT2D eigenvalue weighted by Crippen LogP contribution is -2.24. The number of allylic oxidation sites excluding steroid dienone is 1. The summed E-state index contributed by atoms with van der Waals surface area (Å²) in [5.74, 6) is -0.972. The van der Waals surface area contributed by atoms with Crippen LogP contribution in [0.3, 0.4) is 0 Å². The molecule has 0 atom stereocenters. The molecule has 0 aromatic rings. The first-order valence-corrected chi connectivity index (χ1v) is 2.82. The molecule has 2 nitrogen and oxygen atoms in total. The molecule has 5 heteroatoms. The number of nitrogens with zero attached hydrogens (tertiary/aromatic N) is 1. The van der Waals surface area contributed by atoms with Crippen molar-refractivity contribution in [2.45, 2.75) is 6.18 Å². The first kappa shape index (κ1) is 7.97. The van der Waals surface area contributed by atoms with Gasteiger partial charge in [-0.3, -0.25) is 9.79 Å². The zero-order valence-electron chi connectivity index (χ0n) is 5.35. The van der Waals surface area contributed by atoms with Crippen LogP contribution in [0.4, 0.5) is 13.2 Å². The lowest BCUT2D eigenvalue weighted by molar-refractivity contribution is -0.127. The third kappa shape index (κ3) is 1.66. The number of rotatable bonds is 0. The van der Waals surface area contributed by atoms with E-state index in [0.29, 0.717) is 6.08 Å². The van der Waals surface area contributed by atoms with Crippen LogP contribution in [0.15, 0.2) is 16.6 Å². The molecule has 0 bridgehead atoms. The Morgan fingerprint density at radius 2 is 2.09 bits per heavy atom. The Balaban J connectivity index is 2.93. The number of carbonyl (C=O) groups is 1. The van der Waals surface area contributed by atoms with Gasteiger partial charge in [-0.25, -0.2) is 0 Å². The number of hydrogen-bond donors (Lipinski definition) is 0. The fourth-order valence-electron chi connectivity index (χ4n) is 0.694. The zero-order valence-corrected chi connectivity index (χ0v) is 5.35. The minimum atomic E-state index is -4.54. The molecule has 0 aromatic heterocycles. The minimum absolute atomic E-state index is 0.397. The van der Waals surface area contributed by atoms with Crippen molar-refractivity contribution in [1.29, 1.82) is 0 Å². The molecule has 60 valence electrons. The van der Waals surface area contributed by atoms with Crippen LogP contribution >= 0.6 is 0 Å². The van der Waals surface area contributed by atoms with Gasteiger partial charge in [-0.15, -0.1) is 0 Å². The highest BCUT2D eigenvalue weighted by atomic mass is 19.4. The Morgan fingerprint density at radius 1 is 1.45 bits per heavy atom. The Morgan fingerprint density at radius 3 is 2.45 bits per heavy atom. The molecule has 1 aliphatic rings. The molecule has 1 rings (SSSR count). The van der Waals surface area contributed by atoms with Gasteiger partial charge in [0, 0.05) is 6.21 Å². The number of ketones is 1. The van der Waals surface area contributed by atoms with E-state index in [2.05, 4.69) is 4.99 Å². The number of halogens is 3. The molecule has 0 N–H and O–H groups in total. The highest BCUT2D eigenvalue weighted by Crippen LogP contribution is 2.26. The van der Waals surface area contributed by atoms with Gasteiger partial charge in [0.2, 0.25) is 0 Å². The molecule has 0 saturated carbocycles. The maximum absolute atomic E-state index is 11.8. The van der Waals surface area contributed by atoms with Crippen molar-refractivity contribution in [3.63, 3.8) is 0 Å². The van der Waals surface area contributed by atoms with Gasteiger partial charge >= 0.3 is 6.18 Å². The number of Topliss-reactive ketones (excluding diaryl/α,β-unsaturated/α-hetero) is 1. The SMILES string of the molecule is O=C1CN=CC=C1C(F)(F)F. The van der Waals surface area contributed by atoms with E-state index in [0.717, 1.165) is 6.21 Å². The topological polar surface area (TPSA) is 29.4 Å². The summed E-state index contributed by atoms with van der Waals surface area (Å²) in [6.07, 6.45) is -2.86. The van der Waals surface area contributed by atoms with E-state index in [9.17, 15) is 18.0 Å². The molecule has 0 saturated heterocycles. The number of alkyl halides is 3. The van der Waals surface area contributed by atoms with Crippen LogP contribution in [0, 0.1) is 0 Å². The third-order valence-electron chi connectivity index (χ3n) is 1.19. The van der Waals surface area contributed by atoms with Gasteiger partial charge in [0.05, 0.1) is 0 Å². The summed E-state index contributed by atoms with van der Waals surface area (Å²) in [5, 5.41) is 0. The predicted molar refractivity (Wildman–Crippen MR) is 32.5 cm³/mol. The second-order valence-corrected chi connectivity index (χ2v) is 1.99. The smallest absolute Gasteiger partial charge is 0.292 e. The summed E-state index contributed by atoms with van der Waals surface area (Å²) in [4.78, 5) is 13.9. The maximum Gasteiger partial charge on any atom is 0.419 e. The molecular weight excluding hydrogens is 159 g/mol. The van der Waals surface area contributed by atoms with E-state index in [1.165, 1.54) is 0 Å². The molecule has 0 aliphatic carbocycles. The Kier molecular flexibility index (Phi) is 1.80. The maximum atomic E-state index is 11.8. The highest BCUT2D eigenvalue weighted by Gasteiger charge is 2.38. The third-order valence-corrected chi connectivity index (χ3v) is 1.19. The summed E-state index contributed by atoms with van der Waals surface area (Å²) in [6, 6.07) is 0. The number of hydrogen-bond acceptors (Lipinski definition) is 2. The van der Waals surface area contributed by atoms with Crippen molar-refractivity contribution in [3.8, 4) is 0 Å². The summed E-state index contributed by atoms with van der Waals surface area (Å²) < 4.78 is 35.5. The largest absolute Gasteiger partial charge is 0.419 e. The van der Waals surface area contributed by atoms with Crippen LogP contribution in [0.2, 0.25) is 0 Å². The van der Waals surface area contributed by atoms with Gasteiger partial charge in [0.15, 0.2) is 5.78 Å². The van der Waals surface area contributed by atoms with Gasteiger partial charge < -0.3 is 0 Å². The Labute approximate surface area is 60.4 Å². The van der Waals surface area contributed by atoms with E-state index < -0.39 is 24.1 Å². The van der Waals surface area contributed by atoms with Crippen LogP contribution in [0.25, 0.3) is 0 Å². The molecule has 1 heterocycles. The first-order chi connectivity index (χ1) is 5.02. The van der Waals surface area contributed by atoms with Crippen molar-refractivity contribution in [2.75, 3.05) is 6.54 Å². The summed E-state index contributed by atoms with van der Waals surface area (Å²) in [7, 11) is 0. The van der Waals surface area contributed by atoms with Gasteiger partial charge in [0.25, 0.3) is 0 Å². The first-order valence-electron chi connectivity index (χ1n) is 2.82. The quantitative estimate of drug-likeness (QED) is 0.526. The molecule has 0 fully saturated rings. The molecule has 0 amide bonds. The van der Waals surface area contributed by atoms with E-state index in [4.69, 9.17) is 0 Å². The normalized spacial score (nSPS) is 18.5. The van der Waals surface area contributed by atoms with Gasteiger partial charge in [-0.05, 0) is 6.08 Å². The number of aliphatic imine (C=N–C) groups is 1. The van der Waals surface area contributed by atoms with Crippen LogP contribution < -0.4 is 0 Å². The van der Waals surface area contributed by atoms with Crippen LogP contribution in [-0.2, 0) is 4.79 Å². The Bertz CT molecular complexity index is 239. The molecular formula is C6H4F3NO. The highest BCUT2D eigenvalue weighted by molar-refractivity contribution is 6.04. The Hall–Kier alpha value is -1.13.